The third-order valence-corrected chi connectivity index (χ3v) is 6.70. The number of hydrogen-bond donors (Lipinski definition) is 1. The van der Waals surface area contributed by atoms with Crippen molar-refractivity contribution in [3.05, 3.63) is 88.0 Å². The van der Waals surface area contributed by atoms with Gasteiger partial charge in [0.25, 0.3) is 5.56 Å². The molecule has 2 aromatic heterocycles. The molecule has 1 N–H and O–H groups in total. The van der Waals surface area contributed by atoms with Gasteiger partial charge in [0.05, 0.1) is 18.8 Å². The highest BCUT2D eigenvalue weighted by Gasteiger charge is 2.27. The molecule has 10 nitrogen and oxygen atoms in total. The topological polar surface area (TPSA) is 115 Å². The van der Waals surface area contributed by atoms with Gasteiger partial charge in [-0.3, -0.25) is 4.79 Å². The van der Waals surface area contributed by atoms with Crippen molar-refractivity contribution in [3.8, 4) is 22.6 Å². The van der Waals surface area contributed by atoms with Gasteiger partial charge >= 0.3 is 6.09 Å². The number of ether oxygens (including phenoxy) is 1. The Morgan fingerprint density at radius 1 is 1.05 bits per heavy atom. The lowest BCUT2D eigenvalue weighted by atomic mass is 10.1. The Bertz CT molecular complexity index is 1600. The maximum Gasteiger partial charge on any atom is 0.410 e. The molecule has 42 heavy (non-hydrogen) atoms. The highest BCUT2D eigenvalue weighted by Crippen LogP contribution is 2.21. The lowest BCUT2D eigenvalue weighted by molar-refractivity contribution is 0.0197. The van der Waals surface area contributed by atoms with Crippen molar-refractivity contribution in [2.24, 2.45) is 0 Å². The van der Waals surface area contributed by atoms with Crippen LogP contribution in [-0.2, 0) is 17.8 Å². The van der Waals surface area contributed by atoms with Crippen LogP contribution in [0.3, 0.4) is 0 Å². The highest BCUT2D eigenvalue weighted by molar-refractivity contribution is 5.68. The SMILES string of the molecule is CC(C)(C)OC(=O)N1CCC(NCc2nc(-c3cccc(Cn4nc(-c5cc(F)cc(F)c5)ccc4=O)c3)no2)CC1. The second-order valence-electron chi connectivity index (χ2n) is 11.2. The van der Waals surface area contributed by atoms with Crippen LogP contribution in [0.5, 0.6) is 0 Å². The molecule has 220 valence electrons. The number of carbonyl (C=O) groups excluding carboxylic acids is 1. The Hall–Kier alpha value is -4.45. The molecule has 2 aromatic carbocycles. The summed E-state index contributed by atoms with van der Waals surface area (Å²) in [5.74, 6) is -0.624. The summed E-state index contributed by atoms with van der Waals surface area (Å²) in [5, 5.41) is 11.8. The minimum atomic E-state index is -0.726. The predicted octanol–water partition coefficient (Wildman–Crippen LogP) is 4.78. The molecule has 5 rings (SSSR count). The summed E-state index contributed by atoms with van der Waals surface area (Å²) in [7, 11) is 0. The van der Waals surface area contributed by atoms with Gasteiger partial charge in [0.15, 0.2) is 0 Å². The van der Waals surface area contributed by atoms with Crippen molar-refractivity contribution < 1.29 is 22.8 Å². The second kappa shape index (κ2) is 12.2. The average Bonchev–Trinajstić information content (AvgIpc) is 3.41. The highest BCUT2D eigenvalue weighted by atomic mass is 19.1. The fraction of sp³-hybridized carbons (Fsp3) is 0.367. The Kier molecular flexibility index (Phi) is 8.44. The summed E-state index contributed by atoms with van der Waals surface area (Å²) in [6.45, 7) is 7.29. The minimum Gasteiger partial charge on any atom is -0.444 e. The van der Waals surface area contributed by atoms with Crippen molar-refractivity contribution in [2.45, 2.75) is 58.3 Å². The van der Waals surface area contributed by atoms with Crippen LogP contribution in [-0.4, -0.2) is 55.6 Å². The third-order valence-electron chi connectivity index (χ3n) is 6.70. The van der Waals surface area contributed by atoms with E-state index in [9.17, 15) is 18.4 Å². The normalized spacial score (nSPS) is 14.3. The second-order valence-corrected chi connectivity index (χ2v) is 11.2. The largest absolute Gasteiger partial charge is 0.444 e. The first kappa shape index (κ1) is 29.1. The number of amides is 1. The lowest BCUT2D eigenvalue weighted by Crippen LogP contribution is -2.46. The van der Waals surface area contributed by atoms with Gasteiger partial charge in [0.1, 0.15) is 17.2 Å². The fourth-order valence-corrected chi connectivity index (χ4v) is 4.67. The number of hydrogen-bond acceptors (Lipinski definition) is 8. The molecule has 4 aromatic rings. The monoisotopic (exact) mass is 578 g/mol. The van der Waals surface area contributed by atoms with E-state index in [-0.39, 0.29) is 35.5 Å². The van der Waals surface area contributed by atoms with E-state index in [1.807, 2.05) is 45.0 Å². The maximum absolute atomic E-state index is 13.7. The number of nitrogens with one attached hydrogen (secondary N) is 1. The van der Waals surface area contributed by atoms with E-state index in [4.69, 9.17) is 9.26 Å². The molecule has 12 heteroatoms. The number of halogens is 2. The third kappa shape index (κ3) is 7.43. The van der Waals surface area contributed by atoms with Gasteiger partial charge in [-0.05, 0) is 63.4 Å². The van der Waals surface area contributed by atoms with Gasteiger partial charge in [0, 0.05) is 42.4 Å². The van der Waals surface area contributed by atoms with Gasteiger partial charge in [-0.1, -0.05) is 23.4 Å². The van der Waals surface area contributed by atoms with Crippen LogP contribution >= 0.6 is 0 Å². The molecule has 0 saturated carbocycles. The van der Waals surface area contributed by atoms with Gasteiger partial charge in [-0.25, -0.2) is 18.3 Å². The maximum atomic E-state index is 13.7. The average molecular weight is 579 g/mol. The quantitative estimate of drug-likeness (QED) is 0.333. The summed E-state index contributed by atoms with van der Waals surface area (Å²) in [6.07, 6.45) is 1.27. The first-order chi connectivity index (χ1) is 20.0. The van der Waals surface area contributed by atoms with Crippen LogP contribution in [0.4, 0.5) is 13.6 Å². The molecule has 0 unspecified atom stereocenters. The predicted molar refractivity (Wildman–Crippen MR) is 150 cm³/mol. The first-order valence-corrected chi connectivity index (χ1v) is 13.7. The van der Waals surface area contributed by atoms with Gasteiger partial charge in [-0.15, -0.1) is 0 Å². The van der Waals surface area contributed by atoms with Gasteiger partial charge in [0.2, 0.25) is 11.7 Å². The molecule has 1 saturated heterocycles. The van der Waals surface area contributed by atoms with E-state index in [2.05, 4.69) is 20.6 Å². The zero-order chi connectivity index (χ0) is 29.9. The summed E-state index contributed by atoms with van der Waals surface area (Å²) in [6, 6.07) is 13.4. The van der Waals surface area contributed by atoms with Gasteiger partial charge in [-0.2, -0.15) is 10.1 Å². The summed E-state index contributed by atoms with van der Waals surface area (Å²) >= 11 is 0. The summed E-state index contributed by atoms with van der Waals surface area (Å²) < 4.78 is 39.5. The van der Waals surface area contributed by atoms with E-state index in [0.29, 0.717) is 36.9 Å². The summed E-state index contributed by atoms with van der Waals surface area (Å²) in [4.78, 5) is 31.0. The van der Waals surface area contributed by atoms with Crippen molar-refractivity contribution >= 4 is 6.09 Å². The molecule has 0 spiro atoms. The molecular formula is C30H32F2N6O4. The van der Waals surface area contributed by atoms with Crippen LogP contribution in [0.1, 0.15) is 45.1 Å². The Morgan fingerprint density at radius 2 is 1.79 bits per heavy atom. The number of piperidine rings is 1. The molecular weight excluding hydrogens is 546 g/mol. The van der Waals surface area contributed by atoms with Crippen LogP contribution in [0.25, 0.3) is 22.6 Å². The van der Waals surface area contributed by atoms with Crippen LogP contribution in [0.2, 0.25) is 0 Å². The molecule has 1 fully saturated rings. The molecule has 1 amide bonds. The molecule has 0 atom stereocenters. The van der Waals surface area contributed by atoms with E-state index in [1.54, 1.807) is 4.90 Å². The number of nitrogens with zero attached hydrogens (tertiary/aromatic N) is 5. The van der Waals surface area contributed by atoms with Crippen molar-refractivity contribution in [1.82, 2.24) is 30.1 Å². The van der Waals surface area contributed by atoms with Crippen LogP contribution < -0.4 is 10.9 Å². The number of benzene rings is 2. The molecule has 1 aliphatic heterocycles. The smallest absolute Gasteiger partial charge is 0.410 e. The molecule has 0 radical (unpaired) electrons. The number of carbonyl (C=O) groups is 1. The number of likely N-dealkylation sites (tertiary alicyclic amines) is 1. The fourth-order valence-electron chi connectivity index (χ4n) is 4.67. The standard InChI is InChI=1S/C30H32F2N6O4/c1-30(2,3)41-29(40)37-11-9-24(10-12-37)33-17-26-34-28(36-42-26)20-6-4-5-19(13-20)18-38-27(39)8-7-25(35-38)21-14-22(31)16-23(32)15-21/h4-8,13-16,24,33H,9-12,17-18H2,1-3H3. The molecule has 0 aliphatic carbocycles. The van der Waals surface area contributed by atoms with Crippen molar-refractivity contribution in [3.63, 3.8) is 0 Å². The minimum absolute atomic E-state index is 0.132. The van der Waals surface area contributed by atoms with E-state index >= 15 is 0 Å². The van der Waals surface area contributed by atoms with E-state index < -0.39 is 17.2 Å². The van der Waals surface area contributed by atoms with Crippen LogP contribution in [0.15, 0.2) is 63.9 Å². The van der Waals surface area contributed by atoms with Crippen LogP contribution in [0, 0.1) is 11.6 Å². The number of aromatic nitrogens is 4. The van der Waals surface area contributed by atoms with Crippen molar-refractivity contribution in [1.29, 1.82) is 0 Å². The van der Waals surface area contributed by atoms with E-state index in [1.165, 1.54) is 16.8 Å². The Balaban J connectivity index is 1.20. The first-order valence-electron chi connectivity index (χ1n) is 13.7. The van der Waals surface area contributed by atoms with E-state index in [0.717, 1.165) is 36.6 Å². The van der Waals surface area contributed by atoms with Gasteiger partial charge < -0.3 is 19.5 Å². The Morgan fingerprint density at radius 3 is 2.50 bits per heavy atom. The molecule has 3 heterocycles. The molecule has 0 bridgehead atoms. The Labute approximate surface area is 241 Å². The summed E-state index contributed by atoms with van der Waals surface area (Å²) in [5.41, 5.74) is 1.08. The molecule has 1 aliphatic rings. The zero-order valence-corrected chi connectivity index (χ0v) is 23.6. The lowest BCUT2D eigenvalue weighted by Gasteiger charge is -2.33. The zero-order valence-electron chi connectivity index (χ0n) is 23.6. The van der Waals surface area contributed by atoms with Crippen molar-refractivity contribution in [2.75, 3.05) is 13.1 Å². The number of rotatable bonds is 7.